The molecule has 2 aromatic carbocycles. The van der Waals surface area contributed by atoms with E-state index in [1.54, 1.807) is 31.3 Å². The fourth-order valence-electron chi connectivity index (χ4n) is 4.67. The minimum absolute atomic E-state index is 0.00475. The second kappa shape index (κ2) is 9.71. The minimum atomic E-state index is -3.98. The maximum absolute atomic E-state index is 13.6. The molecule has 0 bridgehead atoms. The number of hydrogen-bond donors (Lipinski definition) is 0. The number of benzene rings is 2. The van der Waals surface area contributed by atoms with Gasteiger partial charge in [-0.3, -0.25) is 4.79 Å². The van der Waals surface area contributed by atoms with E-state index in [9.17, 15) is 13.2 Å². The lowest BCUT2D eigenvalue weighted by atomic mass is 9.98. The molecule has 2 aromatic rings. The quantitative estimate of drug-likeness (QED) is 0.588. The molecule has 2 heterocycles. The molecular weight excluding hydrogens is 460 g/mol. The molecule has 2 aliphatic rings. The monoisotopic (exact) mass is 490 g/mol. The maximum Gasteiger partial charge on any atom is 0.247 e. The molecule has 34 heavy (non-hydrogen) atoms. The summed E-state index contributed by atoms with van der Waals surface area (Å²) in [6.07, 6.45) is 1.74. The Labute approximate surface area is 200 Å². The van der Waals surface area contributed by atoms with Crippen LogP contribution in [0.25, 0.3) is 0 Å². The summed E-state index contributed by atoms with van der Waals surface area (Å²) in [7, 11) is 2.07. The van der Waals surface area contributed by atoms with E-state index < -0.39 is 16.1 Å². The van der Waals surface area contributed by atoms with Gasteiger partial charge in [0.05, 0.1) is 28.4 Å². The van der Waals surface area contributed by atoms with Crippen molar-refractivity contribution in [2.75, 3.05) is 41.5 Å². The molecule has 1 saturated heterocycles. The van der Waals surface area contributed by atoms with Crippen LogP contribution in [0.1, 0.15) is 24.0 Å². The zero-order valence-corrected chi connectivity index (χ0v) is 20.7. The third-order valence-electron chi connectivity index (χ3n) is 6.48. The lowest BCUT2D eigenvalue weighted by Crippen LogP contribution is -2.49. The van der Waals surface area contributed by atoms with Crippen molar-refractivity contribution in [3.05, 3.63) is 41.5 Å². The van der Waals surface area contributed by atoms with Crippen molar-refractivity contribution in [1.82, 2.24) is 9.21 Å². The van der Waals surface area contributed by atoms with Crippen molar-refractivity contribution >= 4 is 15.9 Å². The summed E-state index contributed by atoms with van der Waals surface area (Å²) in [5.74, 6) is 1.68. The Morgan fingerprint density at radius 3 is 2.21 bits per heavy atom. The van der Waals surface area contributed by atoms with Crippen LogP contribution in [0.2, 0.25) is 0 Å². The lowest BCUT2D eigenvalue weighted by Gasteiger charge is -2.33. The van der Waals surface area contributed by atoms with E-state index in [1.807, 2.05) is 12.1 Å². The van der Waals surface area contributed by atoms with Crippen LogP contribution in [0, 0.1) is 0 Å². The lowest BCUT2D eigenvalue weighted by molar-refractivity contribution is -0.135. The van der Waals surface area contributed by atoms with Crippen LogP contribution >= 0.6 is 0 Å². The van der Waals surface area contributed by atoms with Crippen LogP contribution < -0.4 is 18.9 Å². The first-order valence-corrected chi connectivity index (χ1v) is 12.5. The first-order valence-electron chi connectivity index (χ1n) is 11.1. The number of rotatable bonds is 7. The van der Waals surface area contributed by atoms with E-state index in [0.29, 0.717) is 49.6 Å². The Hall–Kier alpha value is -2.98. The van der Waals surface area contributed by atoms with E-state index in [1.165, 1.54) is 24.6 Å². The highest BCUT2D eigenvalue weighted by Crippen LogP contribution is 2.36. The van der Waals surface area contributed by atoms with Gasteiger partial charge in [-0.15, -0.1) is 0 Å². The fraction of sp³-hybridized carbons (Fsp3) is 0.458. The molecule has 4 rings (SSSR count). The van der Waals surface area contributed by atoms with Crippen molar-refractivity contribution in [2.24, 2.45) is 0 Å². The first kappa shape index (κ1) is 24.2. The molecular formula is C24H30N2O7S. The number of carbonyl (C=O) groups excluding carboxylic acids is 1. The summed E-state index contributed by atoms with van der Waals surface area (Å²) in [5, 5.41) is 0. The Morgan fingerprint density at radius 1 is 0.882 bits per heavy atom. The van der Waals surface area contributed by atoms with E-state index >= 15 is 0 Å². The zero-order valence-electron chi connectivity index (χ0n) is 19.9. The van der Waals surface area contributed by atoms with Gasteiger partial charge in [0.25, 0.3) is 0 Å². The number of hydrogen-bond acceptors (Lipinski definition) is 7. The van der Waals surface area contributed by atoms with Crippen LogP contribution in [0.3, 0.4) is 0 Å². The molecule has 1 fully saturated rings. The topological polar surface area (TPSA) is 94.6 Å². The summed E-state index contributed by atoms with van der Waals surface area (Å²) in [6.45, 7) is 1.17. The minimum Gasteiger partial charge on any atom is -0.497 e. The summed E-state index contributed by atoms with van der Waals surface area (Å²) in [4.78, 5) is 15.3. The molecule has 184 valence electrons. The van der Waals surface area contributed by atoms with Crippen molar-refractivity contribution in [2.45, 2.75) is 36.7 Å². The van der Waals surface area contributed by atoms with Crippen molar-refractivity contribution in [3.8, 4) is 23.0 Å². The first-order chi connectivity index (χ1) is 16.3. The van der Waals surface area contributed by atoms with E-state index in [4.69, 9.17) is 18.9 Å². The Kier molecular flexibility index (Phi) is 6.90. The third kappa shape index (κ3) is 4.27. The SMILES string of the molecule is COc1ccc(OC)c(S(=O)(=O)N2CCC[C@@H]2C(=O)N2CCc3cc(OC)c(OC)cc3C2)c1. The van der Waals surface area contributed by atoms with Gasteiger partial charge in [-0.25, -0.2) is 8.42 Å². The average Bonchev–Trinajstić information content (AvgIpc) is 3.37. The average molecular weight is 491 g/mol. The molecule has 0 radical (unpaired) electrons. The van der Waals surface area contributed by atoms with Crippen molar-refractivity contribution in [3.63, 3.8) is 0 Å². The van der Waals surface area contributed by atoms with Crippen LogP contribution in [-0.2, 0) is 27.8 Å². The zero-order chi connectivity index (χ0) is 24.5. The summed E-state index contributed by atoms with van der Waals surface area (Å²) in [6, 6.07) is 7.70. The highest BCUT2D eigenvalue weighted by atomic mass is 32.2. The number of methoxy groups -OCH3 is 4. The summed E-state index contributed by atoms with van der Waals surface area (Å²) < 4.78 is 49.9. The molecule has 1 atom stereocenters. The van der Waals surface area contributed by atoms with Gasteiger partial charge in [-0.1, -0.05) is 0 Å². The largest absolute Gasteiger partial charge is 0.497 e. The maximum atomic E-state index is 13.6. The fourth-order valence-corrected chi connectivity index (χ4v) is 6.49. The highest BCUT2D eigenvalue weighted by molar-refractivity contribution is 7.89. The second-order valence-corrected chi connectivity index (χ2v) is 10.1. The molecule has 0 aliphatic carbocycles. The molecule has 0 unspecified atom stereocenters. The smallest absolute Gasteiger partial charge is 0.247 e. The normalized spacial score (nSPS) is 18.4. The van der Waals surface area contributed by atoms with Gasteiger partial charge in [0, 0.05) is 25.7 Å². The van der Waals surface area contributed by atoms with E-state index in [2.05, 4.69) is 0 Å². The van der Waals surface area contributed by atoms with Crippen molar-refractivity contribution < 1.29 is 32.2 Å². The van der Waals surface area contributed by atoms with Gasteiger partial charge in [-0.05, 0) is 54.7 Å². The van der Waals surface area contributed by atoms with Crippen LogP contribution in [-0.4, -0.2) is 71.1 Å². The summed E-state index contributed by atoms with van der Waals surface area (Å²) in [5.41, 5.74) is 2.07. The molecule has 0 spiro atoms. The van der Waals surface area contributed by atoms with Gasteiger partial charge < -0.3 is 23.8 Å². The van der Waals surface area contributed by atoms with Gasteiger partial charge in [0.2, 0.25) is 15.9 Å². The number of sulfonamides is 1. The highest BCUT2D eigenvalue weighted by Gasteiger charge is 2.42. The Morgan fingerprint density at radius 2 is 1.56 bits per heavy atom. The summed E-state index contributed by atoms with van der Waals surface area (Å²) >= 11 is 0. The molecule has 9 nitrogen and oxygen atoms in total. The van der Waals surface area contributed by atoms with Gasteiger partial charge in [0.15, 0.2) is 11.5 Å². The molecule has 0 saturated carbocycles. The van der Waals surface area contributed by atoms with E-state index in [0.717, 1.165) is 11.1 Å². The second-order valence-electron chi connectivity index (χ2n) is 8.28. The molecule has 0 aromatic heterocycles. The number of nitrogens with zero attached hydrogens (tertiary/aromatic N) is 2. The van der Waals surface area contributed by atoms with Gasteiger partial charge in [-0.2, -0.15) is 4.31 Å². The number of carbonyl (C=O) groups is 1. The van der Waals surface area contributed by atoms with Crippen molar-refractivity contribution in [1.29, 1.82) is 0 Å². The van der Waals surface area contributed by atoms with E-state index in [-0.39, 0.29) is 23.1 Å². The number of ether oxygens (including phenoxy) is 4. The number of amides is 1. The van der Waals surface area contributed by atoms with Gasteiger partial charge >= 0.3 is 0 Å². The van der Waals surface area contributed by atoms with Crippen LogP contribution in [0.4, 0.5) is 0 Å². The Bertz CT molecular complexity index is 1180. The number of fused-ring (bicyclic) bond motifs is 1. The molecule has 1 amide bonds. The van der Waals surface area contributed by atoms with Crippen LogP contribution in [0.5, 0.6) is 23.0 Å². The van der Waals surface area contributed by atoms with Crippen LogP contribution in [0.15, 0.2) is 35.2 Å². The molecule has 0 N–H and O–H groups in total. The molecule has 2 aliphatic heterocycles. The van der Waals surface area contributed by atoms with Gasteiger partial charge in [0.1, 0.15) is 22.4 Å². The predicted molar refractivity (Wildman–Crippen MR) is 125 cm³/mol. The predicted octanol–water partition coefficient (Wildman–Crippen LogP) is 2.46. The standard InChI is InChI=1S/C24H30N2O7S/c1-30-18-7-8-20(31-2)23(14-18)34(28,29)26-10-5-6-19(26)24(27)25-11-9-16-12-21(32-3)22(33-4)13-17(16)15-25/h7-8,12-14,19H,5-6,9-11,15H2,1-4H3/t19-/m1/s1. The third-order valence-corrected chi connectivity index (χ3v) is 8.41. The Balaban J connectivity index is 1.60. The molecule has 10 heteroatoms.